The minimum atomic E-state index is 0.348. The molecule has 5 heteroatoms. The molecule has 0 atom stereocenters. The Morgan fingerprint density at radius 3 is 2.87 bits per heavy atom. The molecule has 0 aliphatic carbocycles. The van der Waals surface area contributed by atoms with E-state index in [2.05, 4.69) is 10.3 Å². The Morgan fingerprint density at radius 2 is 2.20 bits per heavy atom. The molecule has 82 valence electrons. The molecule has 0 fully saturated rings. The molecule has 0 bridgehead atoms. The molecule has 0 aromatic heterocycles. The van der Waals surface area contributed by atoms with Crippen LogP contribution in [0.2, 0.25) is 10.0 Å². The highest BCUT2D eigenvalue weighted by molar-refractivity contribution is 6.35. The summed E-state index contributed by atoms with van der Waals surface area (Å²) in [6.45, 7) is 2.72. The maximum Gasteiger partial charge on any atom is 0.193 e. The predicted molar refractivity (Wildman–Crippen MR) is 66.9 cm³/mol. The number of nitrogens with one attached hydrogen (secondary N) is 1. The van der Waals surface area contributed by atoms with Crippen molar-refractivity contribution in [3.63, 3.8) is 0 Å². The van der Waals surface area contributed by atoms with Gasteiger partial charge in [0.15, 0.2) is 5.96 Å². The molecule has 1 aromatic carbocycles. The molecule has 3 nitrogen and oxygen atoms in total. The number of hydrogen-bond acceptors (Lipinski definition) is 1. The summed E-state index contributed by atoms with van der Waals surface area (Å²) in [5.74, 6) is 0.348. The number of aliphatic imine (C=N–C) groups is 1. The van der Waals surface area contributed by atoms with E-state index in [-0.39, 0.29) is 0 Å². The van der Waals surface area contributed by atoms with Gasteiger partial charge in [-0.1, -0.05) is 30.1 Å². The first-order valence-electron chi connectivity index (χ1n) is 4.65. The third-order valence-corrected chi connectivity index (χ3v) is 2.26. The first-order valence-corrected chi connectivity index (χ1v) is 5.41. The highest BCUT2D eigenvalue weighted by Gasteiger charge is 2.01. The second-order valence-corrected chi connectivity index (χ2v) is 3.86. The van der Waals surface area contributed by atoms with E-state index in [4.69, 9.17) is 28.9 Å². The maximum atomic E-state index is 5.94. The number of nitrogens with zero attached hydrogens (tertiary/aromatic N) is 1. The monoisotopic (exact) mass is 245 g/mol. The smallest absolute Gasteiger partial charge is 0.193 e. The van der Waals surface area contributed by atoms with Crippen LogP contribution in [-0.4, -0.2) is 12.5 Å². The number of halogens is 2. The number of hydrogen-bond donors (Lipinski definition) is 2. The lowest BCUT2D eigenvalue weighted by molar-refractivity contribution is 0.929. The van der Waals surface area contributed by atoms with Crippen LogP contribution in [0, 0.1) is 0 Å². The van der Waals surface area contributed by atoms with Crippen molar-refractivity contribution in [1.82, 2.24) is 0 Å². The summed E-state index contributed by atoms with van der Waals surface area (Å²) >= 11 is 11.8. The van der Waals surface area contributed by atoms with Gasteiger partial charge < -0.3 is 11.1 Å². The Labute approximate surface area is 99.3 Å². The summed E-state index contributed by atoms with van der Waals surface area (Å²) in [6.07, 6.45) is 0.950. The van der Waals surface area contributed by atoms with Crippen LogP contribution in [0.25, 0.3) is 0 Å². The number of benzene rings is 1. The molecular formula is C10H13Cl2N3. The van der Waals surface area contributed by atoms with Crippen molar-refractivity contribution in [2.45, 2.75) is 13.3 Å². The van der Waals surface area contributed by atoms with Gasteiger partial charge in [-0.3, -0.25) is 4.99 Å². The van der Waals surface area contributed by atoms with Gasteiger partial charge in [0.25, 0.3) is 0 Å². The molecule has 0 amide bonds. The molecule has 0 spiro atoms. The number of nitrogens with two attached hydrogens (primary N) is 1. The standard InChI is InChI=1S/C10H13Cl2N3/c1-2-5-14-10(13)15-9-6-7(11)3-4-8(9)12/h3-4,6H,2,5H2,1H3,(H3,13,14,15). The first-order chi connectivity index (χ1) is 7.13. The SMILES string of the molecule is CCCN=C(N)Nc1cc(Cl)ccc1Cl. The van der Waals surface area contributed by atoms with E-state index in [0.717, 1.165) is 6.42 Å². The summed E-state index contributed by atoms with van der Waals surface area (Å²) in [4.78, 5) is 4.09. The molecule has 0 aliphatic rings. The fourth-order valence-corrected chi connectivity index (χ4v) is 1.34. The fraction of sp³-hybridized carbons (Fsp3) is 0.300. The van der Waals surface area contributed by atoms with Gasteiger partial charge in [0.1, 0.15) is 0 Å². The van der Waals surface area contributed by atoms with E-state index in [1.807, 2.05) is 6.92 Å². The average Bonchev–Trinajstić information content (AvgIpc) is 2.20. The molecule has 0 aliphatic heterocycles. The molecule has 0 saturated carbocycles. The van der Waals surface area contributed by atoms with Gasteiger partial charge in [-0.25, -0.2) is 0 Å². The van der Waals surface area contributed by atoms with Crippen molar-refractivity contribution in [1.29, 1.82) is 0 Å². The van der Waals surface area contributed by atoms with Gasteiger partial charge in [-0.05, 0) is 24.6 Å². The summed E-state index contributed by atoms with van der Waals surface area (Å²) in [6, 6.07) is 5.13. The Kier molecular flexibility index (Phi) is 4.72. The highest BCUT2D eigenvalue weighted by atomic mass is 35.5. The first kappa shape index (κ1) is 12.1. The van der Waals surface area contributed by atoms with Crippen LogP contribution in [0.4, 0.5) is 5.69 Å². The maximum absolute atomic E-state index is 5.94. The number of rotatable bonds is 3. The summed E-state index contributed by atoms with van der Waals surface area (Å²) in [7, 11) is 0. The van der Waals surface area contributed by atoms with Crippen LogP contribution in [-0.2, 0) is 0 Å². The van der Waals surface area contributed by atoms with Crippen molar-refractivity contribution >= 4 is 34.8 Å². The van der Waals surface area contributed by atoms with Crippen LogP contribution in [0.15, 0.2) is 23.2 Å². The van der Waals surface area contributed by atoms with E-state index in [1.165, 1.54) is 0 Å². The van der Waals surface area contributed by atoms with E-state index in [1.54, 1.807) is 18.2 Å². The van der Waals surface area contributed by atoms with Gasteiger partial charge in [0.2, 0.25) is 0 Å². The molecule has 1 rings (SSSR count). The molecular weight excluding hydrogens is 233 g/mol. The quantitative estimate of drug-likeness (QED) is 0.635. The Bertz CT molecular complexity index is 364. The molecule has 0 radical (unpaired) electrons. The lowest BCUT2D eigenvalue weighted by Crippen LogP contribution is -2.23. The Morgan fingerprint density at radius 1 is 1.47 bits per heavy atom. The van der Waals surface area contributed by atoms with Crippen LogP contribution in [0.1, 0.15) is 13.3 Å². The average molecular weight is 246 g/mol. The minimum absolute atomic E-state index is 0.348. The van der Waals surface area contributed by atoms with Gasteiger partial charge in [-0.2, -0.15) is 0 Å². The van der Waals surface area contributed by atoms with Crippen LogP contribution in [0.5, 0.6) is 0 Å². The predicted octanol–water partition coefficient (Wildman–Crippen LogP) is 3.13. The highest BCUT2D eigenvalue weighted by Crippen LogP contribution is 2.24. The van der Waals surface area contributed by atoms with Gasteiger partial charge >= 0.3 is 0 Å². The van der Waals surface area contributed by atoms with Gasteiger partial charge in [-0.15, -0.1) is 0 Å². The van der Waals surface area contributed by atoms with E-state index >= 15 is 0 Å². The topological polar surface area (TPSA) is 50.4 Å². The molecule has 0 saturated heterocycles. The van der Waals surface area contributed by atoms with Gasteiger partial charge in [0.05, 0.1) is 10.7 Å². The Hall–Kier alpha value is -0.930. The van der Waals surface area contributed by atoms with Gasteiger partial charge in [0, 0.05) is 11.6 Å². The molecule has 1 aromatic rings. The summed E-state index contributed by atoms with van der Waals surface area (Å²) in [5, 5.41) is 4.06. The third-order valence-electron chi connectivity index (χ3n) is 1.70. The largest absolute Gasteiger partial charge is 0.370 e. The van der Waals surface area contributed by atoms with Crippen molar-refractivity contribution in [3.8, 4) is 0 Å². The number of anilines is 1. The second-order valence-electron chi connectivity index (χ2n) is 3.02. The molecule has 0 unspecified atom stereocenters. The van der Waals surface area contributed by atoms with Crippen molar-refractivity contribution in [2.24, 2.45) is 10.7 Å². The normalized spacial score (nSPS) is 11.5. The second kappa shape index (κ2) is 5.83. The third kappa shape index (κ3) is 3.98. The van der Waals surface area contributed by atoms with E-state index in [0.29, 0.717) is 28.2 Å². The number of guanidine groups is 1. The zero-order valence-electron chi connectivity index (χ0n) is 8.43. The van der Waals surface area contributed by atoms with Crippen LogP contribution >= 0.6 is 23.2 Å². The van der Waals surface area contributed by atoms with Crippen molar-refractivity contribution in [2.75, 3.05) is 11.9 Å². The molecule has 15 heavy (non-hydrogen) atoms. The lowest BCUT2D eigenvalue weighted by atomic mass is 10.3. The lowest BCUT2D eigenvalue weighted by Gasteiger charge is -2.07. The van der Waals surface area contributed by atoms with Crippen LogP contribution < -0.4 is 11.1 Å². The van der Waals surface area contributed by atoms with E-state index < -0.39 is 0 Å². The minimum Gasteiger partial charge on any atom is -0.370 e. The molecule has 0 heterocycles. The summed E-state index contributed by atoms with van der Waals surface area (Å²) in [5.41, 5.74) is 6.32. The molecule has 3 N–H and O–H groups in total. The summed E-state index contributed by atoms with van der Waals surface area (Å²) < 4.78 is 0. The van der Waals surface area contributed by atoms with Crippen molar-refractivity contribution < 1.29 is 0 Å². The van der Waals surface area contributed by atoms with Crippen LogP contribution in [0.3, 0.4) is 0 Å². The van der Waals surface area contributed by atoms with E-state index in [9.17, 15) is 0 Å². The fourth-order valence-electron chi connectivity index (χ4n) is 1.00. The van der Waals surface area contributed by atoms with Crippen molar-refractivity contribution in [3.05, 3.63) is 28.2 Å². The zero-order valence-corrected chi connectivity index (χ0v) is 9.94. The zero-order chi connectivity index (χ0) is 11.3. The Balaban J connectivity index is 2.75.